The minimum absolute atomic E-state index is 0.203. The predicted octanol–water partition coefficient (Wildman–Crippen LogP) is -0.244. The first kappa shape index (κ1) is 13.2. The molecule has 1 aromatic heterocycles. The molecule has 1 heterocycles. The third-order valence-electron chi connectivity index (χ3n) is 2.02. The fraction of sp³-hybridized carbons (Fsp3) is 0.556. The van der Waals surface area contributed by atoms with E-state index in [1.54, 1.807) is 6.07 Å². The van der Waals surface area contributed by atoms with Crippen molar-refractivity contribution in [2.24, 2.45) is 10.9 Å². The maximum Gasteiger partial charge on any atom is 0.271 e. The summed E-state index contributed by atoms with van der Waals surface area (Å²) in [6.07, 6.45) is 1.95. The smallest absolute Gasteiger partial charge is 0.271 e. The molecule has 1 aromatic rings. The summed E-state index contributed by atoms with van der Waals surface area (Å²) in [6, 6.07) is 2.95. The zero-order chi connectivity index (χ0) is 12.0. The maximum absolute atomic E-state index is 10.9. The monoisotopic (exact) mass is 247 g/mol. The van der Waals surface area contributed by atoms with Gasteiger partial charge in [0.05, 0.1) is 6.54 Å². The van der Waals surface area contributed by atoms with E-state index in [-0.39, 0.29) is 5.09 Å². The first-order chi connectivity index (χ1) is 7.54. The minimum Gasteiger partial charge on any atom is -0.447 e. The molecule has 0 radical (unpaired) electrons. The molecule has 6 nitrogen and oxygen atoms in total. The average molecular weight is 247 g/mol. The van der Waals surface area contributed by atoms with E-state index >= 15 is 0 Å². The number of hydrogen-bond acceptors (Lipinski definition) is 5. The Kier molecular flexibility index (Phi) is 4.94. The summed E-state index contributed by atoms with van der Waals surface area (Å²) in [4.78, 5) is 0. The van der Waals surface area contributed by atoms with Crippen molar-refractivity contribution < 1.29 is 12.8 Å². The van der Waals surface area contributed by atoms with Crippen LogP contribution in [0.25, 0.3) is 0 Å². The van der Waals surface area contributed by atoms with Crippen LogP contribution in [-0.4, -0.2) is 21.5 Å². The van der Waals surface area contributed by atoms with E-state index < -0.39 is 10.0 Å². The zero-order valence-electron chi connectivity index (χ0n) is 8.98. The highest BCUT2D eigenvalue weighted by molar-refractivity contribution is 7.89. The molecule has 0 saturated heterocycles. The van der Waals surface area contributed by atoms with Gasteiger partial charge >= 0.3 is 0 Å². The summed E-state index contributed by atoms with van der Waals surface area (Å²) in [6.45, 7) is 1.99. The van der Waals surface area contributed by atoms with Gasteiger partial charge in [0, 0.05) is 0 Å². The Morgan fingerprint density at radius 1 is 1.31 bits per heavy atom. The van der Waals surface area contributed by atoms with Crippen LogP contribution >= 0.6 is 0 Å². The Morgan fingerprint density at radius 3 is 2.62 bits per heavy atom. The number of nitrogens with two attached hydrogens (primary N) is 2. The molecule has 0 spiro atoms. The van der Waals surface area contributed by atoms with Gasteiger partial charge in [0.25, 0.3) is 10.0 Å². The maximum atomic E-state index is 10.9. The second kappa shape index (κ2) is 6.00. The summed E-state index contributed by atoms with van der Waals surface area (Å²) in [5, 5.41) is 7.82. The van der Waals surface area contributed by atoms with Crippen molar-refractivity contribution in [2.45, 2.75) is 24.5 Å². The number of rotatable bonds is 7. The van der Waals surface area contributed by atoms with Crippen LogP contribution in [0.5, 0.6) is 0 Å². The number of furan rings is 1. The third kappa shape index (κ3) is 4.31. The molecule has 0 unspecified atom stereocenters. The van der Waals surface area contributed by atoms with Gasteiger partial charge in [-0.25, -0.2) is 13.6 Å². The summed E-state index contributed by atoms with van der Waals surface area (Å²) >= 11 is 0. The van der Waals surface area contributed by atoms with Gasteiger partial charge in [0.1, 0.15) is 5.76 Å². The number of primary sulfonamides is 1. The SMILES string of the molecule is NCCCCNCc1ccc(S(N)(=O)=O)o1. The molecule has 0 bridgehead atoms. The normalized spacial score (nSPS) is 11.9. The van der Waals surface area contributed by atoms with E-state index in [0.717, 1.165) is 19.4 Å². The molecule has 0 aliphatic heterocycles. The van der Waals surface area contributed by atoms with Crippen molar-refractivity contribution in [3.63, 3.8) is 0 Å². The van der Waals surface area contributed by atoms with Gasteiger partial charge in [-0.15, -0.1) is 0 Å². The quantitative estimate of drug-likeness (QED) is 0.575. The Labute approximate surface area is 95.0 Å². The molecule has 0 aromatic carbocycles. The Hall–Kier alpha value is -0.890. The van der Waals surface area contributed by atoms with E-state index in [0.29, 0.717) is 18.8 Å². The fourth-order valence-electron chi connectivity index (χ4n) is 1.21. The van der Waals surface area contributed by atoms with Crippen molar-refractivity contribution in [2.75, 3.05) is 13.1 Å². The highest BCUT2D eigenvalue weighted by atomic mass is 32.2. The number of sulfonamides is 1. The minimum atomic E-state index is -3.73. The molecule has 16 heavy (non-hydrogen) atoms. The van der Waals surface area contributed by atoms with Crippen molar-refractivity contribution >= 4 is 10.0 Å². The van der Waals surface area contributed by atoms with Gasteiger partial charge in [-0.05, 0) is 38.1 Å². The highest BCUT2D eigenvalue weighted by Gasteiger charge is 2.12. The standard InChI is InChI=1S/C9H17N3O3S/c10-5-1-2-6-12-7-8-3-4-9(15-8)16(11,13)14/h3-4,12H,1-2,5-7,10H2,(H2,11,13,14). The topological polar surface area (TPSA) is 111 Å². The van der Waals surface area contributed by atoms with E-state index in [1.807, 2.05) is 0 Å². The molecule has 0 saturated carbocycles. The van der Waals surface area contributed by atoms with Gasteiger partial charge < -0.3 is 15.5 Å². The summed E-state index contributed by atoms with van der Waals surface area (Å²) in [5.74, 6) is 0.553. The lowest BCUT2D eigenvalue weighted by Crippen LogP contribution is -2.15. The molecule has 92 valence electrons. The summed E-state index contributed by atoms with van der Waals surface area (Å²) in [5.41, 5.74) is 5.35. The summed E-state index contributed by atoms with van der Waals surface area (Å²) in [7, 11) is -3.73. The van der Waals surface area contributed by atoms with Crippen LogP contribution in [-0.2, 0) is 16.6 Å². The van der Waals surface area contributed by atoms with Crippen molar-refractivity contribution in [1.29, 1.82) is 0 Å². The number of nitrogens with one attached hydrogen (secondary N) is 1. The molecule has 7 heteroatoms. The molecule has 0 amide bonds. The number of unbranched alkanes of at least 4 members (excludes halogenated alkanes) is 1. The zero-order valence-corrected chi connectivity index (χ0v) is 9.79. The lowest BCUT2D eigenvalue weighted by Gasteiger charge is -2.01. The molecule has 5 N–H and O–H groups in total. The molecule has 0 aliphatic rings. The van der Waals surface area contributed by atoms with Crippen LogP contribution in [0.3, 0.4) is 0 Å². The molecule has 0 atom stereocenters. The molecule has 1 rings (SSSR count). The fourth-order valence-corrected chi connectivity index (χ4v) is 1.69. The van der Waals surface area contributed by atoms with Crippen molar-refractivity contribution in [1.82, 2.24) is 5.32 Å². The summed E-state index contributed by atoms with van der Waals surface area (Å²) < 4.78 is 26.9. The second-order valence-corrected chi connectivity index (χ2v) is 4.93. The van der Waals surface area contributed by atoms with Crippen LogP contribution in [0.4, 0.5) is 0 Å². The van der Waals surface area contributed by atoms with Gasteiger partial charge in [0.2, 0.25) is 5.09 Å². The van der Waals surface area contributed by atoms with Gasteiger partial charge in [-0.2, -0.15) is 0 Å². The van der Waals surface area contributed by atoms with E-state index in [2.05, 4.69) is 5.32 Å². The van der Waals surface area contributed by atoms with E-state index in [1.165, 1.54) is 6.07 Å². The lowest BCUT2D eigenvalue weighted by atomic mass is 10.3. The third-order valence-corrected chi connectivity index (χ3v) is 2.80. The average Bonchev–Trinajstić information content (AvgIpc) is 2.65. The van der Waals surface area contributed by atoms with Crippen LogP contribution in [0.2, 0.25) is 0 Å². The van der Waals surface area contributed by atoms with Crippen molar-refractivity contribution in [3.05, 3.63) is 17.9 Å². The highest BCUT2D eigenvalue weighted by Crippen LogP contribution is 2.11. The van der Waals surface area contributed by atoms with Crippen LogP contribution in [0.1, 0.15) is 18.6 Å². The Morgan fingerprint density at radius 2 is 2.06 bits per heavy atom. The van der Waals surface area contributed by atoms with Crippen molar-refractivity contribution in [3.8, 4) is 0 Å². The molecule has 0 aliphatic carbocycles. The first-order valence-electron chi connectivity index (χ1n) is 5.06. The van der Waals surface area contributed by atoms with Crippen LogP contribution in [0, 0.1) is 0 Å². The molecular weight excluding hydrogens is 230 g/mol. The van der Waals surface area contributed by atoms with E-state index in [9.17, 15) is 8.42 Å². The van der Waals surface area contributed by atoms with Gasteiger partial charge in [-0.3, -0.25) is 0 Å². The van der Waals surface area contributed by atoms with Crippen LogP contribution in [0.15, 0.2) is 21.6 Å². The Bertz CT molecular complexity index is 413. The predicted molar refractivity (Wildman–Crippen MR) is 60.1 cm³/mol. The Balaban J connectivity index is 2.36. The van der Waals surface area contributed by atoms with E-state index in [4.69, 9.17) is 15.3 Å². The largest absolute Gasteiger partial charge is 0.447 e. The second-order valence-electron chi connectivity index (χ2n) is 3.44. The lowest BCUT2D eigenvalue weighted by molar-refractivity contribution is 0.401. The van der Waals surface area contributed by atoms with Gasteiger partial charge in [0.15, 0.2) is 0 Å². The van der Waals surface area contributed by atoms with Crippen LogP contribution < -0.4 is 16.2 Å². The molecule has 0 fully saturated rings. The van der Waals surface area contributed by atoms with Gasteiger partial charge in [-0.1, -0.05) is 0 Å². The first-order valence-corrected chi connectivity index (χ1v) is 6.61. The molecular formula is C9H17N3O3S. The number of hydrogen-bond donors (Lipinski definition) is 3.